The molecular weight excluding hydrogens is 184 g/mol. The predicted octanol–water partition coefficient (Wildman–Crippen LogP) is 3.60. The Morgan fingerprint density at radius 1 is 1.31 bits per heavy atom. The van der Waals surface area contributed by atoms with Crippen LogP contribution in [0, 0.1) is 16.7 Å². The summed E-state index contributed by atoms with van der Waals surface area (Å²) in [5.41, 5.74) is -0.0281. The lowest BCUT2D eigenvalue weighted by molar-refractivity contribution is -0.124. The number of hydrogen-bond donors (Lipinski definition) is 0. The minimum Gasteiger partial charge on any atom is -0.281 e. The fourth-order valence-corrected chi connectivity index (χ4v) is 3.28. The average Bonchev–Trinajstić information content (AvgIpc) is 1.79. The zero-order valence-corrected chi connectivity index (χ0v) is 9.74. The molecule has 0 aromatic rings. The topological polar surface area (TPSA) is 17.1 Å². The van der Waals surface area contributed by atoms with Crippen LogP contribution in [-0.4, -0.2) is 5.24 Å². The van der Waals surface area contributed by atoms with Crippen LogP contribution in [-0.2, 0) is 4.79 Å². The van der Waals surface area contributed by atoms with Crippen molar-refractivity contribution in [2.24, 2.45) is 16.7 Å². The molecule has 1 aliphatic rings. The van der Waals surface area contributed by atoms with E-state index in [4.69, 9.17) is 11.6 Å². The Bertz CT molecular complexity index is 222. The number of carbonyl (C=O) groups is 1. The van der Waals surface area contributed by atoms with E-state index in [9.17, 15) is 4.79 Å². The van der Waals surface area contributed by atoms with Gasteiger partial charge in [-0.05, 0) is 42.2 Å². The van der Waals surface area contributed by atoms with Crippen LogP contribution in [0.4, 0.5) is 0 Å². The Hall–Kier alpha value is -0.0400. The number of hydrogen-bond acceptors (Lipinski definition) is 1. The van der Waals surface area contributed by atoms with Gasteiger partial charge in [0.05, 0.1) is 0 Å². The molecule has 0 N–H and O–H groups in total. The van der Waals surface area contributed by atoms with E-state index >= 15 is 0 Å². The van der Waals surface area contributed by atoms with Crippen LogP contribution in [0.2, 0.25) is 0 Å². The molecular formula is C11H19ClO. The van der Waals surface area contributed by atoms with Crippen molar-refractivity contribution in [3.8, 4) is 0 Å². The van der Waals surface area contributed by atoms with Gasteiger partial charge in [0.1, 0.15) is 0 Å². The van der Waals surface area contributed by atoms with E-state index in [0.717, 1.165) is 12.8 Å². The summed E-state index contributed by atoms with van der Waals surface area (Å²) in [6.07, 6.45) is 3.07. The van der Waals surface area contributed by atoms with E-state index in [1.807, 2.05) is 6.92 Å². The largest absolute Gasteiger partial charge is 0.281 e. The third-order valence-corrected chi connectivity index (χ3v) is 3.50. The molecule has 0 aromatic heterocycles. The van der Waals surface area contributed by atoms with Crippen LogP contribution in [0.5, 0.6) is 0 Å². The highest BCUT2D eigenvalue weighted by Gasteiger charge is 2.43. The minimum atomic E-state index is -0.289. The molecule has 1 aliphatic carbocycles. The molecule has 0 saturated heterocycles. The first-order valence-electron chi connectivity index (χ1n) is 4.95. The Labute approximate surface area is 85.8 Å². The number of carbonyl (C=O) groups excluding carboxylic acids is 1. The smallest absolute Gasteiger partial charge is 0.227 e. The van der Waals surface area contributed by atoms with Gasteiger partial charge in [-0.15, -0.1) is 0 Å². The lowest BCUT2D eigenvalue weighted by atomic mass is 9.61. The first-order valence-corrected chi connectivity index (χ1v) is 5.33. The molecule has 0 bridgehead atoms. The summed E-state index contributed by atoms with van der Waals surface area (Å²) in [7, 11) is 0. The lowest BCUT2D eigenvalue weighted by Gasteiger charge is -2.43. The second-order valence-corrected chi connectivity index (χ2v) is 6.03. The molecule has 1 rings (SSSR count). The van der Waals surface area contributed by atoms with E-state index in [2.05, 4.69) is 20.8 Å². The molecule has 1 saturated carbocycles. The molecule has 0 aromatic carbocycles. The van der Waals surface area contributed by atoms with Crippen LogP contribution in [0.25, 0.3) is 0 Å². The maximum absolute atomic E-state index is 11.3. The Morgan fingerprint density at radius 2 is 1.85 bits per heavy atom. The highest BCUT2D eigenvalue weighted by molar-refractivity contribution is 6.64. The van der Waals surface area contributed by atoms with Crippen molar-refractivity contribution in [1.82, 2.24) is 0 Å². The summed E-state index contributed by atoms with van der Waals surface area (Å²) in [5.74, 6) is 0.608. The average molecular weight is 203 g/mol. The van der Waals surface area contributed by atoms with Crippen LogP contribution >= 0.6 is 11.6 Å². The third-order valence-electron chi connectivity index (χ3n) is 3.04. The SMILES string of the molecule is CC1CC(C)(C)CC(C)(C(=O)Cl)C1. The first kappa shape index (κ1) is 11.0. The Balaban J connectivity index is 2.84. The van der Waals surface area contributed by atoms with E-state index in [0.29, 0.717) is 5.92 Å². The lowest BCUT2D eigenvalue weighted by Crippen LogP contribution is -2.38. The normalized spacial score (nSPS) is 38.7. The second-order valence-electron chi connectivity index (χ2n) is 5.69. The van der Waals surface area contributed by atoms with Crippen molar-refractivity contribution in [2.75, 3.05) is 0 Å². The maximum Gasteiger partial charge on any atom is 0.227 e. The summed E-state index contributed by atoms with van der Waals surface area (Å²) in [6, 6.07) is 0. The van der Waals surface area contributed by atoms with E-state index in [1.165, 1.54) is 6.42 Å². The zero-order chi connectivity index (χ0) is 10.3. The molecule has 0 heterocycles. The molecule has 1 nitrogen and oxygen atoms in total. The van der Waals surface area contributed by atoms with Crippen molar-refractivity contribution >= 4 is 16.8 Å². The molecule has 2 unspecified atom stereocenters. The molecule has 0 amide bonds. The van der Waals surface area contributed by atoms with Gasteiger partial charge in [0.15, 0.2) is 0 Å². The standard InChI is InChI=1S/C11H19ClO/c1-8-5-10(2,3)7-11(4,6-8)9(12)13/h8H,5-7H2,1-4H3. The summed E-state index contributed by atoms with van der Waals surface area (Å²) in [5, 5.41) is -0.160. The van der Waals surface area contributed by atoms with Gasteiger partial charge in [0, 0.05) is 5.41 Å². The fraction of sp³-hybridized carbons (Fsp3) is 0.909. The van der Waals surface area contributed by atoms with Crippen LogP contribution in [0.15, 0.2) is 0 Å². The first-order chi connectivity index (χ1) is 5.75. The van der Waals surface area contributed by atoms with Gasteiger partial charge in [-0.25, -0.2) is 0 Å². The van der Waals surface area contributed by atoms with Crippen molar-refractivity contribution in [3.63, 3.8) is 0 Å². The summed E-state index contributed by atoms with van der Waals surface area (Å²) in [6.45, 7) is 8.65. The molecule has 2 heteroatoms. The van der Waals surface area contributed by atoms with Gasteiger partial charge >= 0.3 is 0 Å². The van der Waals surface area contributed by atoms with E-state index in [-0.39, 0.29) is 16.1 Å². The summed E-state index contributed by atoms with van der Waals surface area (Å²) < 4.78 is 0. The summed E-state index contributed by atoms with van der Waals surface area (Å²) >= 11 is 5.65. The van der Waals surface area contributed by atoms with Gasteiger partial charge in [-0.3, -0.25) is 4.79 Å². The molecule has 13 heavy (non-hydrogen) atoms. The van der Waals surface area contributed by atoms with Gasteiger partial charge in [0.25, 0.3) is 0 Å². The molecule has 2 atom stereocenters. The zero-order valence-electron chi connectivity index (χ0n) is 8.98. The molecule has 1 fully saturated rings. The van der Waals surface area contributed by atoms with Gasteiger partial charge in [0.2, 0.25) is 5.24 Å². The minimum absolute atomic E-state index is 0.160. The van der Waals surface area contributed by atoms with Gasteiger partial charge < -0.3 is 0 Å². The van der Waals surface area contributed by atoms with Gasteiger partial charge in [-0.2, -0.15) is 0 Å². The molecule has 0 spiro atoms. The quantitative estimate of drug-likeness (QED) is 0.594. The number of halogens is 1. The van der Waals surface area contributed by atoms with E-state index < -0.39 is 0 Å². The van der Waals surface area contributed by atoms with Crippen LogP contribution in [0.1, 0.15) is 47.0 Å². The van der Waals surface area contributed by atoms with Crippen molar-refractivity contribution in [2.45, 2.75) is 47.0 Å². The van der Waals surface area contributed by atoms with Crippen LogP contribution < -0.4 is 0 Å². The van der Waals surface area contributed by atoms with Crippen molar-refractivity contribution < 1.29 is 4.79 Å². The Kier molecular flexibility index (Phi) is 2.78. The second kappa shape index (κ2) is 3.27. The monoisotopic (exact) mass is 202 g/mol. The fourth-order valence-electron chi connectivity index (χ4n) is 3.13. The highest BCUT2D eigenvalue weighted by atomic mass is 35.5. The van der Waals surface area contributed by atoms with E-state index in [1.54, 1.807) is 0 Å². The maximum atomic E-state index is 11.3. The van der Waals surface area contributed by atoms with Crippen LogP contribution in [0.3, 0.4) is 0 Å². The third kappa shape index (κ3) is 2.46. The van der Waals surface area contributed by atoms with Crippen molar-refractivity contribution in [3.05, 3.63) is 0 Å². The van der Waals surface area contributed by atoms with Crippen molar-refractivity contribution in [1.29, 1.82) is 0 Å². The highest BCUT2D eigenvalue weighted by Crippen LogP contribution is 2.49. The summed E-state index contributed by atoms with van der Waals surface area (Å²) in [4.78, 5) is 11.3. The predicted molar refractivity (Wildman–Crippen MR) is 55.8 cm³/mol. The number of rotatable bonds is 1. The molecule has 0 radical (unpaired) electrons. The Morgan fingerprint density at radius 3 is 2.23 bits per heavy atom. The van der Waals surface area contributed by atoms with Gasteiger partial charge in [-0.1, -0.05) is 27.7 Å². The molecule has 76 valence electrons. The molecule has 0 aliphatic heterocycles.